The normalized spacial score (nSPS) is 13.2. The Morgan fingerprint density at radius 1 is 0.829 bits per heavy atom. The van der Waals surface area contributed by atoms with Crippen molar-refractivity contribution in [3.8, 4) is 0 Å². The van der Waals surface area contributed by atoms with Gasteiger partial charge in [0, 0.05) is 22.0 Å². The van der Waals surface area contributed by atoms with E-state index in [1.54, 1.807) is 48.5 Å². The molecule has 2 N–H and O–H groups in total. The van der Waals surface area contributed by atoms with E-state index in [1.165, 1.54) is 31.4 Å². The number of ether oxygens (including phenoxy) is 1. The molecule has 1 heterocycles. The molecule has 35 heavy (non-hydrogen) atoms. The van der Waals surface area contributed by atoms with Gasteiger partial charge in [0.1, 0.15) is 10.7 Å². The van der Waals surface area contributed by atoms with Gasteiger partial charge in [-0.1, -0.05) is 29.3 Å². The Kier molecular flexibility index (Phi) is 6.86. The molecule has 3 aromatic rings. The topological polar surface area (TPSA) is 105 Å². The Morgan fingerprint density at radius 2 is 1.49 bits per heavy atom. The molecule has 1 aliphatic heterocycles. The van der Waals surface area contributed by atoms with Crippen molar-refractivity contribution in [1.82, 2.24) is 0 Å². The monoisotopic (exact) mass is 509 g/mol. The summed E-state index contributed by atoms with van der Waals surface area (Å²) in [5.74, 6) is -2.25. The Morgan fingerprint density at radius 3 is 2.11 bits per heavy atom. The number of nitrogens with one attached hydrogen (secondary N) is 2. The number of rotatable bonds is 6. The van der Waals surface area contributed by atoms with Crippen LogP contribution in [0, 0.1) is 0 Å². The van der Waals surface area contributed by atoms with Gasteiger partial charge in [0.05, 0.1) is 18.4 Å². The molecule has 4 rings (SSSR count). The minimum atomic E-state index is -0.706. The fourth-order valence-electron chi connectivity index (χ4n) is 3.33. The SMILES string of the molecule is COC(=O)c1ccc(N2C(=O)C(Cl)=C(Nc3ccc(C(=O)Nc4cccc(Cl)c4)cc3)C2=O)cc1. The van der Waals surface area contributed by atoms with Crippen LogP contribution >= 0.6 is 23.2 Å². The maximum atomic E-state index is 12.9. The van der Waals surface area contributed by atoms with Crippen molar-refractivity contribution >= 4 is 64.0 Å². The van der Waals surface area contributed by atoms with Gasteiger partial charge >= 0.3 is 5.97 Å². The second kappa shape index (κ2) is 10.0. The molecule has 0 atom stereocenters. The number of hydrogen-bond acceptors (Lipinski definition) is 6. The van der Waals surface area contributed by atoms with Crippen LogP contribution in [-0.4, -0.2) is 30.8 Å². The van der Waals surface area contributed by atoms with Gasteiger partial charge < -0.3 is 15.4 Å². The number of carbonyl (C=O) groups is 4. The fraction of sp³-hybridized carbons (Fsp3) is 0.0400. The van der Waals surface area contributed by atoms with Gasteiger partial charge in [0.2, 0.25) is 0 Å². The Bertz CT molecular complexity index is 1370. The molecule has 0 spiro atoms. The minimum absolute atomic E-state index is 0.107. The van der Waals surface area contributed by atoms with Gasteiger partial charge in [-0.05, 0) is 66.7 Å². The van der Waals surface area contributed by atoms with E-state index >= 15 is 0 Å². The molecule has 1 aliphatic rings. The molecule has 0 unspecified atom stereocenters. The number of benzene rings is 3. The van der Waals surface area contributed by atoms with E-state index in [0.29, 0.717) is 22.0 Å². The summed E-state index contributed by atoms with van der Waals surface area (Å²) in [6, 6.07) is 18.8. The lowest BCUT2D eigenvalue weighted by Gasteiger charge is -2.15. The first-order chi connectivity index (χ1) is 16.8. The van der Waals surface area contributed by atoms with Crippen LogP contribution < -0.4 is 15.5 Å². The zero-order valence-corrected chi connectivity index (χ0v) is 19.7. The van der Waals surface area contributed by atoms with Gasteiger partial charge in [0.15, 0.2) is 0 Å². The first kappa shape index (κ1) is 24.0. The number of carbonyl (C=O) groups excluding carboxylic acids is 4. The Labute approximate surface area is 210 Å². The van der Waals surface area contributed by atoms with Crippen molar-refractivity contribution in [3.63, 3.8) is 0 Å². The summed E-state index contributed by atoms with van der Waals surface area (Å²) in [5.41, 5.74) is 1.78. The zero-order valence-electron chi connectivity index (χ0n) is 18.2. The highest BCUT2D eigenvalue weighted by molar-refractivity contribution is 6.53. The van der Waals surface area contributed by atoms with E-state index in [1.807, 2.05) is 0 Å². The van der Waals surface area contributed by atoms with Gasteiger partial charge in [-0.3, -0.25) is 14.4 Å². The van der Waals surface area contributed by atoms with Crippen molar-refractivity contribution in [2.24, 2.45) is 0 Å². The summed E-state index contributed by atoms with van der Waals surface area (Å²) >= 11 is 12.1. The van der Waals surface area contributed by atoms with Crippen molar-refractivity contribution in [1.29, 1.82) is 0 Å². The number of methoxy groups -OCH3 is 1. The molecule has 10 heteroatoms. The quantitative estimate of drug-likeness (QED) is 0.364. The molecule has 0 aromatic heterocycles. The number of hydrogen-bond donors (Lipinski definition) is 2. The lowest BCUT2D eigenvalue weighted by molar-refractivity contribution is -0.120. The molecule has 0 saturated carbocycles. The summed E-state index contributed by atoms with van der Waals surface area (Å²) in [7, 11) is 1.25. The highest BCUT2D eigenvalue weighted by atomic mass is 35.5. The molecule has 0 radical (unpaired) electrons. The molecule has 0 saturated heterocycles. The third-order valence-corrected chi connectivity index (χ3v) is 5.66. The molecule has 0 fully saturated rings. The number of halogens is 2. The highest BCUT2D eigenvalue weighted by Crippen LogP contribution is 2.30. The number of amides is 3. The fourth-order valence-corrected chi connectivity index (χ4v) is 3.73. The third kappa shape index (κ3) is 5.03. The average molecular weight is 510 g/mol. The average Bonchev–Trinajstić information content (AvgIpc) is 3.07. The molecule has 0 aliphatic carbocycles. The molecule has 3 aromatic carbocycles. The second-order valence-corrected chi connectivity index (χ2v) is 8.15. The third-order valence-electron chi connectivity index (χ3n) is 5.07. The number of nitrogens with zero attached hydrogens (tertiary/aromatic N) is 1. The number of anilines is 3. The smallest absolute Gasteiger partial charge is 0.337 e. The van der Waals surface area contributed by atoms with E-state index < -0.39 is 17.8 Å². The predicted molar refractivity (Wildman–Crippen MR) is 133 cm³/mol. The van der Waals surface area contributed by atoms with Crippen LogP contribution in [0.5, 0.6) is 0 Å². The van der Waals surface area contributed by atoms with Crippen molar-refractivity contribution in [3.05, 3.63) is 99.7 Å². The largest absolute Gasteiger partial charge is 0.465 e. The Hall–Kier alpha value is -4.14. The van der Waals surface area contributed by atoms with E-state index in [2.05, 4.69) is 15.4 Å². The summed E-state index contributed by atoms with van der Waals surface area (Å²) in [5, 5.41) is 5.80. The molecular formula is C25H17Cl2N3O5. The molecule has 8 nitrogen and oxygen atoms in total. The van der Waals surface area contributed by atoms with Crippen molar-refractivity contribution in [2.45, 2.75) is 0 Å². The van der Waals surface area contributed by atoms with Crippen LogP contribution in [0.2, 0.25) is 5.02 Å². The summed E-state index contributed by atoms with van der Waals surface area (Å²) in [4.78, 5) is 50.6. The van der Waals surface area contributed by atoms with Crippen LogP contribution in [0.15, 0.2) is 83.5 Å². The molecule has 3 amide bonds. The standard InChI is InChI=1S/C25H17Cl2N3O5/c1-35-25(34)15-7-11-19(12-8-15)30-23(32)20(27)21(24(30)33)28-17-9-5-14(6-10-17)22(31)29-18-4-2-3-16(26)13-18/h2-13,28H,1H3,(H,29,31). The minimum Gasteiger partial charge on any atom is -0.465 e. The zero-order chi connectivity index (χ0) is 25.1. The van der Waals surface area contributed by atoms with Crippen LogP contribution in [0.25, 0.3) is 0 Å². The van der Waals surface area contributed by atoms with E-state index in [-0.39, 0.29) is 27.9 Å². The van der Waals surface area contributed by atoms with Crippen LogP contribution in [-0.2, 0) is 14.3 Å². The van der Waals surface area contributed by atoms with E-state index in [4.69, 9.17) is 23.2 Å². The van der Waals surface area contributed by atoms with Gasteiger partial charge in [-0.15, -0.1) is 0 Å². The highest BCUT2D eigenvalue weighted by Gasteiger charge is 2.39. The van der Waals surface area contributed by atoms with Crippen molar-refractivity contribution < 1.29 is 23.9 Å². The van der Waals surface area contributed by atoms with Gasteiger partial charge in [0.25, 0.3) is 17.7 Å². The van der Waals surface area contributed by atoms with Gasteiger partial charge in [-0.2, -0.15) is 0 Å². The molecule has 176 valence electrons. The van der Waals surface area contributed by atoms with Crippen LogP contribution in [0.1, 0.15) is 20.7 Å². The lowest BCUT2D eigenvalue weighted by Crippen LogP contribution is -2.32. The molecule has 0 bridgehead atoms. The second-order valence-electron chi connectivity index (χ2n) is 7.34. The van der Waals surface area contributed by atoms with E-state index in [0.717, 1.165) is 4.90 Å². The number of esters is 1. The maximum absolute atomic E-state index is 12.9. The first-order valence-electron chi connectivity index (χ1n) is 10.2. The summed E-state index contributed by atoms with van der Waals surface area (Å²) < 4.78 is 4.65. The summed E-state index contributed by atoms with van der Waals surface area (Å²) in [6.07, 6.45) is 0. The van der Waals surface area contributed by atoms with Crippen LogP contribution in [0.4, 0.5) is 17.1 Å². The van der Waals surface area contributed by atoms with Gasteiger partial charge in [-0.25, -0.2) is 9.69 Å². The van der Waals surface area contributed by atoms with E-state index in [9.17, 15) is 19.2 Å². The summed E-state index contributed by atoms with van der Waals surface area (Å²) in [6.45, 7) is 0. The van der Waals surface area contributed by atoms with Crippen molar-refractivity contribution in [2.75, 3.05) is 22.6 Å². The van der Waals surface area contributed by atoms with Crippen LogP contribution in [0.3, 0.4) is 0 Å². The maximum Gasteiger partial charge on any atom is 0.337 e. The molecular weight excluding hydrogens is 493 g/mol. The number of imide groups is 1. The first-order valence-corrected chi connectivity index (χ1v) is 10.9. The predicted octanol–water partition coefficient (Wildman–Crippen LogP) is 4.81. The Balaban J connectivity index is 1.47. The lowest BCUT2D eigenvalue weighted by atomic mass is 10.2.